The molecule has 1 aliphatic rings. The monoisotopic (exact) mass is 345 g/mol. The maximum absolute atomic E-state index is 12.5. The molecule has 134 valence electrons. The Morgan fingerprint density at radius 2 is 1.83 bits per heavy atom. The number of halogens is 3. The molecule has 1 atom stereocenters. The summed E-state index contributed by atoms with van der Waals surface area (Å²) < 4.78 is 42.9. The molecule has 1 aliphatic carbocycles. The second-order valence-corrected chi connectivity index (χ2v) is 6.19. The van der Waals surface area contributed by atoms with Crippen LogP contribution in [0.4, 0.5) is 13.2 Å². The van der Waals surface area contributed by atoms with Crippen molar-refractivity contribution in [2.75, 3.05) is 6.61 Å². The van der Waals surface area contributed by atoms with E-state index in [2.05, 4.69) is 5.32 Å². The second kappa shape index (κ2) is 7.88. The fourth-order valence-corrected chi connectivity index (χ4v) is 2.79. The van der Waals surface area contributed by atoms with E-state index in [0.29, 0.717) is 5.92 Å². The number of hydrogen-bond donors (Lipinski definition) is 2. The Morgan fingerprint density at radius 3 is 2.33 bits per heavy atom. The maximum Gasteiger partial charge on any atom is 0.416 e. The number of carbonyl (C=O) groups excluding carboxylic acids is 1. The number of benzene rings is 1. The van der Waals surface area contributed by atoms with Crippen molar-refractivity contribution in [3.63, 3.8) is 0 Å². The van der Waals surface area contributed by atoms with Gasteiger partial charge in [0.1, 0.15) is 5.75 Å². The molecular weight excluding hydrogens is 323 g/mol. The van der Waals surface area contributed by atoms with Gasteiger partial charge in [0.2, 0.25) is 0 Å². The number of ether oxygens (including phenoxy) is 1. The van der Waals surface area contributed by atoms with E-state index in [-0.39, 0.29) is 24.3 Å². The number of aliphatic hydroxyl groups is 1. The van der Waals surface area contributed by atoms with E-state index in [1.807, 2.05) is 0 Å². The Balaban J connectivity index is 1.83. The molecule has 7 heteroatoms. The summed E-state index contributed by atoms with van der Waals surface area (Å²) in [6.45, 7) is 1.74. The first-order valence-corrected chi connectivity index (χ1v) is 8.04. The minimum absolute atomic E-state index is 0.0546. The molecule has 0 saturated heterocycles. The van der Waals surface area contributed by atoms with Crippen molar-refractivity contribution < 1.29 is 27.8 Å². The van der Waals surface area contributed by atoms with E-state index in [1.165, 1.54) is 12.1 Å². The van der Waals surface area contributed by atoms with Gasteiger partial charge in [-0.05, 0) is 62.8 Å². The molecule has 0 unspecified atom stereocenters. The fraction of sp³-hybridized carbons (Fsp3) is 0.588. The van der Waals surface area contributed by atoms with E-state index in [9.17, 15) is 18.0 Å². The van der Waals surface area contributed by atoms with Gasteiger partial charge in [-0.3, -0.25) is 4.79 Å². The molecule has 0 aromatic heterocycles. The van der Waals surface area contributed by atoms with Crippen LogP contribution in [0.25, 0.3) is 0 Å². The van der Waals surface area contributed by atoms with Crippen molar-refractivity contribution in [3.8, 4) is 5.75 Å². The highest BCUT2D eigenvalue weighted by Gasteiger charge is 2.30. The van der Waals surface area contributed by atoms with Gasteiger partial charge in [0.25, 0.3) is 5.91 Å². The number of hydrogen-bond acceptors (Lipinski definition) is 3. The van der Waals surface area contributed by atoms with Crippen LogP contribution in [0.1, 0.15) is 38.2 Å². The van der Waals surface area contributed by atoms with E-state index in [0.717, 1.165) is 37.8 Å². The fourth-order valence-electron chi connectivity index (χ4n) is 2.79. The summed E-state index contributed by atoms with van der Waals surface area (Å²) in [6, 6.07) is 4.32. The van der Waals surface area contributed by atoms with E-state index < -0.39 is 17.8 Å². The van der Waals surface area contributed by atoms with Crippen LogP contribution < -0.4 is 10.1 Å². The van der Waals surface area contributed by atoms with Crippen molar-refractivity contribution in [3.05, 3.63) is 29.8 Å². The minimum atomic E-state index is -4.39. The van der Waals surface area contributed by atoms with Gasteiger partial charge >= 0.3 is 6.18 Å². The van der Waals surface area contributed by atoms with Crippen molar-refractivity contribution >= 4 is 5.91 Å². The van der Waals surface area contributed by atoms with Gasteiger partial charge in [0.05, 0.1) is 5.56 Å². The molecule has 0 spiro atoms. The smallest absolute Gasteiger partial charge is 0.416 e. The molecule has 1 amide bonds. The Hall–Kier alpha value is -1.76. The summed E-state index contributed by atoms with van der Waals surface area (Å²) >= 11 is 0. The molecule has 1 saturated carbocycles. The minimum Gasteiger partial charge on any atom is -0.481 e. The van der Waals surface area contributed by atoms with E-state index >= 15 is 0 Å². The predicted molar refractivity (Wildman–Crippen MR) is 82.5 cm³/mol. The summed E-state index contributed by atoms with van der Waals surface area (Å²) in [7, 11) is 0. The lowest BCUT2D eigenvalue weighted by atomic mass is 9.86. The summed E-state index contributed by atoms with van der Waals surface area (Å²) in [5.74, 6) is 0.232. The van der Waals surface area contributed by atoms with Gasteiger partial charge in [-0.1, -0.05) is 0 Å². The topological polar surface area (TPSA) is 58.6 Å². The lowest BCUT2D eigenvalue weighted by Crippen LogP contribution is -2.44. The van der Waals surface area contributed by atoms with Gasteiger partial charge in [-0.25, -0.2) is 0 Å². The van der Waals surface area contributed by atoms with Gasteiger partial charge in [-0.15, -0.1) is 0 Å². The molecule has 0 heterocycles. The first-order valence-electron chi connectivity index (χ1n) is 8.04. The molecule has 0 aliphatic heterocycles. The van der Waals surface area contributed by atoms with Crippen LogP contribution in [-0.4, -0.2) is 29.8 Å². The van der Waals surface area contributed by atoms with Crippen LogP contribution in [0.15, 0.2) is 24.3 Å². The number of alkyl halides is 3. The SMILES string of the molecule is C[C@H](Oc1ccc(C(F)(F)F)cc1)C(=O)NC1CCC(CO)CC1. The normalized spacial score (nSPS) is 22.7. The van der Waals surface area contributed by atoms with Crippen LogP contribution >= 0.6 is 0 Å². The number of aliphatic hydroxyl groups excluding tert-OH is 1. The van der Waals surface area contributed by atoms with Crippen LogP contribution in [0, 0.1) is 5.92 Å². The van der Waals surface area contributed by atoms with Crippen molar-refractivity contribution in [1.82, 2.24) is 5.32 Å². The number of rotatable bonds is 5. The van der Waals surface area contributed by atoms with Crippen LogP contribution in [0.5, 0.6) is 5.75 Å². The Kier molecular flexibility index (Phi) is 6.10. The van der Waals surface area contributed by atoms with Gasteiger partial charge < -0.3 is 15.2 Å². The van der Waals surface area contributed by atoms with Crippen LogP contribution in [0.3, 0.4) is 0 Å². The molecule has 0 radical (unpaired) electrons. The van der Waals surface area contributed by atoms with E-state index in [1.54, 1.807) is 6.92 Å². The highest BCUT2D eigenvalue weighted by molar-refractivity contribution is 5.81. The molecule has 1 aromatic rings. The molecule has 2 N–H and O–H groups in total. The highest BCUT2D eigenvalue weighted by atomic mass is 19.4. The number of nitrogens with one attached hydrogen (secondary N) is 1. The Bertz CT molecular complexity index is 537. The zero-order valence-electron chi connectivity index (χ0n) is 13.5. The van der Waals surface area contributed by atoms with E-state index in [4.69, 9.17) is 9.84 Å². The summed E-state index contributed by atoms with van der Waals surface area (Å²) in [5, 5.41) is 12.0. The molecule has 1 fully saturated rings. The standard InChI is InChI=1S/C17H22F3NO3/c1-11(16(23)21-14-6-2-12(10-22)3-7-14)24-15-8-4-13(5-9-15)17(18,19)20/h4-5,8-9,11-12,14,22H,2-3,6-7,10H2,1H3,(H,21,23)/t11-,12?,14?/m0/s1. The summed E-state index contributed by atoms with van der Waals surface area (Å²) in [6.07, 6.45) is -1.83. The van der Waals surface area contributed by atoms with Crippen LogP contribution in [0.2, 0.25) is 0 Å². The first kappa shape index (κ1) is 18.6. The predicted octanol–water partition coefficient (Wildman–Crippen LogP) is 3.14. The van der Waals surface area contributed by atoms with Crippen molar-refractivity contribution in [1.29, 1.82) is 0 Å². The molecule has 24 heavy (non-hydrogen) atoms. The van der Waals surface area contributed by atoms with Gasteiger partial charge in [0, 0.05) is 12.6 Å². The summed E-state index contributed by atoms with van der Waals surface area (Å²) in [5.41, 5.74) is -0.757. The molecule has 1 aromatic carbocycles. The Labute approximate surface area is 139 Å². The zero-order valence-corrected chi connectivity index (χ0v) is 13.5. The van der Waals surface area contributed by atoms with Crippen molar-refractivity contribution in [2.24, 2.45) is 5.92 Å². The number of amides is 1. The lowest BCUT2D eigenvalue weighted by Gasteiger charge is -2.28. The third kappa shape index (κ3) is 5.12. The third-order valence-electron chi connectivity index (χ3n) is 4.32. The highest BCUT2D eigenvalue weighted by Crippen LogP contribution is 2.30. The largest absolute Gasteiger partial charge is 0.481 e. The zero-order chi connectivity index (χ0) is 17.7. The van der Waals surface area contributed by atoms with Crippen molar-refractivity contribution in [2.45, 2.75) is 50.9 Å². The molecular formula is C17H22F3NO3. The van der Waals surface area contributed by atoms with Gasteiger partial charge in [-0.2, -0.15) is 13.2 Å². The van der Waals surface area contributed by atoms with Gasteiger partial charge in [0.15, 0.2) is 6.10 Å². The quantitative estimate of drug-likeness (QED) is 0.862. The average Bonchev–Trinajstić information content (AvgIpc) is 2.55. The number of carbonyl (C=O) groups is 1. The summed E-state index contributed by atoms with van der Waals surface area (Å²) in [4.78, 5) is 12.1. The van der Waals surface area contributed by atoms with Crippen LogP contribution in [-0.2, 0) is 11.0 Å². The molecule has 0 bridgehead atoms. The first-order chi connectivity index (χ1) is 11.3. The Morgan fingerprint density at radius 1 is 1.25 bits per heavy atom. The third-order valence-corrected chi connectivity index (χ3v) is 4.32. The molecule has 2 rings (SSSR count). The maximum atomic E-state index is 12.5. The second-order valence-electron chi connectivity index (χ2n) is 6.19. The molecule has 4 nitrogen and oxygen atoms in total. The lowest BCUT2D eigenvalue weighted by molar-refractivity contribution is -0.137. The average molecular weight is 345 g/mol.